The highest BCUT2D eigenvalue weighted by Crippen LogP contribution is 2.36. The van der Waals surface area contributed by atoms with Crippen LogP contribution in [0.25, 0.3) is 6.08 Å². The average Bonchev–Trinajstić information content (AvgIpc) is 3.34. The van der Waals surface area contributed by atoms with Gasteiger partial charge < -0.3 is 14.8 Å². The van der Waals surface area contributed by atoms with Crippen molar-refractivity contribution in [3.8, 4) is 11.5 Å². The molecule has 1 saturated heterocycles. The van der Waals surface area contributed by atoms with Gasteiger partial charge in [0.15, 0.2) is 11.5 Å². The van der Waals surface area contributed by atoms with Crippen LogP contribution < -0.4 is 14.8 Å². The molecule has 2 aliphatic rings. The third kappa shape index (κ3) is 5.73. The zero-order valence-corrected chi connectivity index (χ0v) is 20.1. The molecule has 0 atom stereocenters. The lowest BCUT2D eigenvalue weighted by atomic mass is 10.1. The van der Waals surface area contributed by atoms with Crippen molar-refractivity contribution in [2.24, 2.45) is 0 Å². The van der Waals surface area contributed by atoms with Crippen molar-refractivity contribution in [1.29, 1.82) is 0 Å². The van der Waals surface area contributed by atoms with Gasteiger partial charge in [-0.15, -0.1) is 0 Å². The molecule has 172 valence electrons. The molecule has 1 fully saturated rings. The molecule has 0 unspecified atom stereocenters. The number of fused-ring (bicyclic) bond motifs is 1. The molecule has 2 aromatic rings. The van der Waals surface area contributed by atoms with Crippen LogP contribution in [0.3, 0.4) is 0 Å². The Labute approximate surface area is 202 Å². The van der Waals surface area contributed by atoms with Crippen LogP contribution in [0.15, 0.2) is 47.4 Å². The van der Waals surface area contributed by atoms with Gasteiger partial charge in [0.1, 0.15) is 4.32 Å². The third-order valence-electron chi connectivity index (χ3n) is 5.34. The molecule has 2 aromatic carbocycles. The lowest BCUT2D eigenvalue weighted by molar-refractivity contribution is -0.124. The highest BCUT2D eigenvalue weighted by Gasteiger charge is 2.31. The van der Waals surface area contributed by atoms with Gasteiger partial charge in [-0.1, -0.05) is 54.3 Å². The van der Waals surface area contributed by atoms with Crippen LogP contribution in [0, 0.1) is 6.92 Å². The van der Waals surface area contributed by atoms with Gasteiger partial charge in [0.2, 0.25) is 12.7 Å². The van der Waals surface area contributed by atoms with E-state index < -0.39 is 0 Å². The number of amides is 2. The third-order valence-corrected chi connectivity index (χ3v) is 6.72. The first-order valence-electron chi connectivity index (χ1n) is 10.6. The number of aryl methyl sites for hydroxylation is 1. The summed E-state index contributed by atoms with van der Waals surface area (Å²) >= 11 is 6.64. The van der Waals surface area contributed by atoms with Crippen LogP contribution in [-0.2, 0) is 16.1 Å². The van der Waals surface area contributed by atoms with E-state index in [0.717, 1.165) is 5.56 Å². The van der Waals surface area contributed by atoms with Gasteiger partial charge in [-0.05, 0) is 48.9 Å². The van der Waals surface area contributed by atoms with Crippen LogP contribution in [0.5, 0.6) is 11.5 Å². The molecule has 2 heterocycles. The summed E-state index contributed by atoms with van der Waals surface area (Å²) in [5.74, 6) is 1.11. The number of thiocarbonyl (C=S) groups is 1. The maximum Gasteiger partial charge on any atom is 0.266 e. The molecular weight excluding hydrogens is 458 g/mol. The number of likely N-dealkylation sites (N-methyl/N-ethyl adjacent to an activating group) is 1. The minimum absolute atomic E-state index is 0.0903. The molecule has 7 nitrogen and oxygen atoms in total. The number of hydrogen-bond donors (Lipinski definition) is 1. The number of thioether (sulfide) groups is 1. The first-order valence-corrected chi connectivity index (χ1v) is 11.8. The Hall–Kier alpha value is -2.88. The number of rotatable bonds is 8. The summed E-state index contributed by atoms with van der Waals surface area (Å²) < 4.78 is 11.2. The summed E-state index contributed by atoms with van der Waals surface area (Å²) in [4.78, 5) is 29.2. The van der Waals surface area contributed by atoms with Crippen molar-refractivity contribution in [2.45, 2.75) is 13.5 Å². The first-order chi connectivity index (χ1) is 15.9. The van der Waals surface area contributed by atoms with E-state index in [4.69, 9.17) is 21.7 Å². The number of nitrogens with one attached hydrogen (secondary N) is 1. The first kappa shape index (κ1) is 23.3. The van der Waals surface area contributed by atoms with Gasteiger partial charge in [-0.3, -0.25) is 19.4 Å². The van der Waals surface area contributed by atoms with Crippen molar-refractivity contribution >= 4 is 46.2 Å². The lowest BCUT2D eigenvalue weighted by Gasteiger charge is -2.19. The molecule has 1 N–H and O–H groups in total. The summed E-state index contributed by atoms with van der Waals surface area (Å²) in [6.45, 7) is 3.90. The Balaban J connectivity index is 1.26. The van der Waals surface area contributed by atoms with Crippen LogP contribution in [0.1, 0.15) is 16.7 Å². The monoisotopic (exact) mass is 483 g/mol. The van der Waals surface area contributed by atoms with E-state index in [1.807, 2.05) is 42.3 Å². The molecule has 2 amide bonds. The largest absolute Gasteiger partial charge is 0.454 e. The van der Waals surface area contributed by atoms with Gasteiger partial charge >= 0.3 is 0 Å². The molecule has 0 spiro atoms. The fourth-order valence-electron chi connectivity index (χ4n) is 3.59. The molecule has 2 aliphatic heterocycles. The molecule has 0 aliphatic carbocycles. The topological polar surface area (TPSA) is 71.1 Å². The van der Waals surface area contributed by atoms with Gasteiger partial charge in [0.25, 0.3) is 5.91 Å². The molecule has 0 saturated carbocycles. The fraction of sp³-hybridized carbons (Fsp3) is 0.292. The minimum Gasteiger partial charge on any atom is -0.454 e. The number of hydrogen-bond acceptors (Lipinski definition) is 7. The van der Waals surface area contributed by atoms with E-state index in [1.165, 1.54) is 27.8 Å². The smallest absolute Gasteiger partial charge is 0.266 e. The Morgan fingerprint density at radius 1 is 1.24 bits per heavy atom. The molecule has 0 bridgehead atoms. The van der Waals surface area contributed by atoms with E-state index in [1.54, 1.807) is 6.08 Å². The highest BCUT2D eigenvalue weighted by atomic mass is 32.2. The maximum absolute atomic E-state index is 12.8. The Bertz CT molecular complexity index is 1120. The van der Waals surface area contributed by atoms with Gasteiger partial charge in [-0.2, -0.15) is 0 Å². The number of ether oxygens (including phenoxy) is 2. The molecule has 0 radical (unpaired) electrons. The molecular formula is C24H25N3O4S2. The quantitative estimate of drug-likeness (QED) is 0.457. The van der Waals surface area contributed by atoms with Crippen LogP contribution in [-0.4, -0.2) is 59.4 Å². The van der Waals surface area contributed by atoms with Crippen LogP contribution in [0.4, 0.5) is 0 Å². The summed E-state index contributed by atoms with van der Waals surface area (Å²) in [7, 11) is 1.91. The minimum atomic E-state index is -0.159. The van der Waals surface area contributed by atoms with Gasteiger partial charge in [-0.25, -0.2) is 0 Å². The predicted octanol–water partition coefficient (Wildman–Crippen LogP) is 3.17. The van der Waals surface area contributed by atoms with Crippen molar-refractivity contribution < 1.29 is 19.1 Å². The highest BCUT2D eigenvalue weighted by molar-refractivity contribution is 8.26. The Morgan fingerprint density at radius 3 is 2.85 bits per heavy atom. The zero-order chi connectivity index (χ0) is 23.4. The second-order valence-corrected chi connectivity index (χ2v) is 9.57. The maximum atomic E-state index is 12.8. The van der Waals surface area contributed by atoms with Crippen molar-refractivity contribution in [3.63, 3.8) is 0 Å². The van der Waals surface area contributed by atoms with Crippen molar-refractivity contribution in [2.75, 3.05) is 33.5 Å². The van der Waals surface area contributed by atoms with Gasteiger partial charge in [0.05, 0.1) is 11.4 Å². The van der Waals surface area contributed by atoms with E-state index in [2.05, 4.69) is 24.4 Å². The van der Waals surface area contributed by atoms with Gasteiger partial charge in [0, 0.05) is 19.6 Å². The number of nitrogens with zero attached hydrogens (tertiary/aromatic N) is 2. The SMILES string of the molecule is Cc1ccccc1CN(C)CC(=O)NCCN1C(=O)C(=Cc2ccc3c(c2)OCO3)SC1=S. The number of benzene rings is 2. The normalized spacial score (nSPS) is 16.2. The van der Waals surface area contributed by atoms with Crippen LogP contribution >= 0.6 is 24.0 Å². The Morgan fingerprint density at radius 2 is 2.03 bits per heavy atom. The molecule has 0 aromatic heterocycles. The summed E-state index contributed by atoms with van der Waals surface area (Å²) in [5.41, 5.74) is 3.23. The Kier molecular flexibility index (Phi) is 7.32. The molecule has 4 rings (SSSR count). The summed E-state index contributed by atoms with van der Waals surface area (Å²) in [5, 5.41) is 2.88. The van der Waals surface area contributed by atoms with Crippen LogP contribution in [0.2, 0.25) is 0 Å². The fourth-order valence-corrected chi connectivity index (χ4v) is 4.90. The number of carbonyl (C=O) groups excluding carboxylic acids is 2. The summed E-state index contributed by atoms with van der Waals surface area (Å²) in [6, 6.07) is 13.7. The van der Waals surface area contributed by atoms with E-state index in [0.29, 0.717) is 40.4 Å². The predicted molar refractivity (Wildman–Crippen MR) is 133 cm³/mol. The summed E-state index contributed by atoms with van der Waals surface area (Å²) in [6.07, 6.45) is 1.79. The van der Waals surface area contributed by atoms with Crippen molar-refractivity contribution in [1.82, 2.24) is 15.1 Å². The zero-order valence-electron chi connectivity index (χ0n) is 18.5. The number of carbonyl (C=O) groups is 2. The van der Waals surface area contributed by atoms with E-state index in [-0.39, 0.29) is 25.2 Å². The van der Waals surface area contributed by atoms with E-state index in [9.17, 15) is 9.59 Å². The molecule has 33 heavy (non-hydrogen) atoms. The molecule has 9 heteroatoms. The standard InChI is InChI=1S/C24H25N3O4S2/c1-16-5-3-4-6-18(16)13-26(2)14-22(28)25-9-10-27-23(29)21(33-24(27)32)12-17-7-8-19-20(11-17)31-15-30-19/h3-8,11-12H,9-10,13-15H2,1-2H3,(H,25,28). The van der Waals surface area contributed by atoms with E-state index >= 15 is 0 Å². The second-order valence-electron chi connectivity index (χ2n) is 7.89. The average molecular weight is 484 g/mol. The lowest BCUT2D eigenvalue weighted by Crippen LogP contribution is -2.40. The second kappa shape index (κ2) is 10.4. The van der Waals surface area contributed by atoms with Crippen molar-refractivity contribution in [3.05, 3.63) is 64.1 Å².